The summed E-state index contributed by atoms with van der Waals surface area (Å²) in [6.45, 7) is 5.70. The maximum absolute atomic E-state index is 9.29. The number of imidazole rings is 1. The first-order chi connectivity index (χ1) is 10.2. The highest BCUT2D eigenvalue weighted by Gasteiger charge is 2.19. The lowest BCUT2D eigenvalue weighted by atomic mass is 9.99. The van der Waals surface area contributed by atoms with E-state index in [0.29, 0.717) is 11.5 Å². The van der Waals surface area contributed by atoms with E-state index >= 15 is 0 Å². The van der Waals surface area contributed by atoms with Gasteiger partial charge in [0.1, 0.15) is 11.9 Å². The van der Waals surface area contributed by atoms with Gasteiger partial charge >= 0.3 is 0 Å². The van der Waals surface area contributed by atoms with Gasteiger partial charge in [0.05, 0.1) is 16.9 Å². The van der Waals surface area contributed by atoms with E-state index < -0.39 is 0 Å². The third-order valence-corrected chi connectivity index (χ3v) is 4.05. The summed E-state index contributed by atoms with van der Waals surface area (Å²) in [5.74, 6) is 1.74. The number of anilines is 1. The number of pyridine rings is 1. The summed E-state index contributed by atoms with van der Waals surface area (Å²) >= 11 is 0. The molecule has 2 aromatic rings. The van der Waals surface area contributed by atoms with Gasteiger partial charge in [-0.05, 0) is 32.3 Å². The lowest BCUT2D eigenvalue weighted by Gasteiger charge is -2.24. The molecule has 0 saturated carbocycles. The van der Waals surface area contributed by atoms with Crippen LogP contribution in [-0.2, 0) is 13.0 Å². The third-order valence-electron chi connectivity index (χ3n) is 4.05. The fourth-order valence-electron chi connectivity index (χ4n) is 2.97. The molecule has 0 spiro atoms. The van der Waals surface area contributed by atoms with Crippen LogP contribution in [0, 0.1) is 31.1 Å². The van der Waals surface area contributed by atoms with Gasteiger partial charge in [-0.1, -0.05) is 0 Å². The first-order valence-corrected chi connectivity index (χ1v) is 7.29. The molecule has 2 aromatic heterocycles. The molecule has 0 radical (unpaired) electrons. The fourth-order valence-corrected chi connectivity index (χ4v) is 2.97. The number of hydrogen-bond acceptors (Lipinski definition) is 4. The van der Waals surface area contributed by atoms with Crippen LogP contribution in [0.4, 0.5) is 5.69 Å². The number of fused-ring (bicyclic) bond motifs is 1. The highest BCUT2D eigenvalue weighted by molar-refractivity contribution is 5.59. The zero-order valence-corrected chi connectivity index (χ0v) is 12.4. The van der Waals surface area contributed by atoms with Crippen molar-refractivity contribution in [2.24, 2.45) is 5.92 Å². The van der Waals surface area contributed by atoms with Gasteiger partial charge in [-0.2, -0.15) is 5.26 Å². The van der Waals surface area contributed by atoms with Crippen LogP contribution in [-0.4, -0.2) is 21.1 Å². The van der Waals surface area contributed by atoms with Gasteiger partial charge in [-0.3, -0.25) is 4.98 Å². The number of aryl methyl sites for hydroxylation is 3. The van der Waals surface area contributed by atoms with E-state index in [0.717, 1.165) is 43.0 Å². The Morgan fingerprint density at radius 2 is 2.33 bits per heavy atom. The summed E-state index contributed by atoms with van der Waals surface area (Å²) in [5.41, 5.74) is 3.29. The molecular formula is C16H19N5. The van der Waals surface area contributed by atoms with Gasteiger partial charge in [0.15, 0.2) is 0 Å². The Labute approximate surface area is 124 Å². The van der Waals surface area contributed by atoms with Gasteiger partial charge in [0, 0.05) is 37.6 Å². The Morgan fingerprint density at radius 3 is 3.14 bits per heavy atom. The standard InChI is InChI=1S/C16H19N5/c1-11-7-15(14(8-17)12(2)20-11)19-9-13-3-4-16-18-5-6-21(16)10-13/h5-7,13H,3-4,9-10H2,1-2H3,(H,19,20). The predicted molar refractivity (Wildman–Crippen MR) is 81.0 cm³/mol. The third kappa shape index (κ3) is 2.75. The summed E-state index contributed by atoms with van der Waals surface area (Å²) in [6, 6.07) is 4.21. The molecule has 1 N–H and O–H groups in total. The molecule has 0 aliphatic carbocycles. The highest BCUT2D eigenvalue weighted by Crippen LogP contribution is 2.22. The van der Waals surface area contributed by atoms with Crippen molar-refractivity contribution in [3.05, 3.63) is 41.2 Å². The van der Waals surface area contributed by atoms with E-state index in [1.165, 1.54) is 5.82 Å². The van der Waals surface area contributed by atoms with Crippen molar-refractivity contribution in [1.29, 1.82) is 5.26 Å². The van der Waals surface area contributed by atoms with Crippen molar-refractivity contribution in [3.63, 3.8) is 0 Å². The quantitative estimate of drug-likeness (QED) is 0.938. The monoisotopic (exact) mass is 281 g/mol. The Morgan fingerprint density at radius 1 is 1.48 bits per heavy atom. The molecule has 3 rings (SSSR count). The second-order valence-corrected chi connectivity index (χ2v) is 5.66. The van der Waals surface area contributed by atoms with E-state index in [1.54, 1.807) is 0 Å². The van der Waals surface area contributed by atoms with E-state index in [1.807, 2.05) is 32.3 Å². The number of nitrogens with zero attached hydrogens (tertiary/aromatic N) is 4. The minimum absolute atomic E-state index is 0.562. The minimum Gasteiger partial charge on any atom is -0.384 e. The average Bonchev–Trinajstić information content (AvgIpc) is 2.92. The molecule has 1 aliphatic rings. The van der Waals surface area contributed by atoms with E-state index in [9.17, 15) is 5.26 Å². The Balaban J connectivity index is 1.70. The minimum atomic E-state index is 0.562. The Hall–Kier alpha value is -2.35. The molecule has 108 valence electrons. The van der Waals surface area contributed by atoms with E-state index in [4.69, 9.17) is 0 Å². The van der Waals surface area contributed by atoms with Crippen molar-refractivity contribution in [3.8, 4) is 6.07 Å². The van der Waals surface area contributed by atoms with Crippen molar-refractivity contribution in [2.45, 2.75) is 33.2 Å². The smallest absolute Gasteiger partial charge is 0.108 e. The normalized spacial score (nSPS) is 17.1. The molecule has 0 amide bonds. The molecule has 0 bridgehead atoms. The number of rotatable bonds is 3. The zero-order chi connectivity index (χ0) is 14.8. The molecule has 3 heterocycles. The van der Waals surface area contributed by atoms with Gasteiger partial charge < -0.3 is 9.88 Å². The van der Waals surface area contributed by atoms with E-state index in [2.05, 4.69) is 25.9 Å². The van der Waals surface area contributed by atoms with Crippen LogP contribution in [0.2, 0.25) is 0 Å². The van der Waals surface area contributed by atoms with Crippen LogP contribution in [0.1, 0.15) is 29.2 Å². The summed E-state index contributed by atoms with van der Waals surface area (Å²) in [4.78, 5) is 8.70. The maximum Gasteiger partial charge on any atom is 0.108 e. The number of nitrogens with one attached hydrogen (secondary N) is 1. The Kier molecular flexibility index (Phi) is 3.61. The largest absolute Gasteiger partial charge is 0.384 e. The SMILES string of the molecule is Cc1cc(NCC2CCc3nccn3C2)c(C#N)c(C)n1. The maximum atomic E-state index is 9.29. The number of hydrogen-bond donors (Lipinski definition) is 1. The second-order valence-electron chi connectivity index (χ2n) is 5.66. The molecule has 0 aromatic carbocycles. The lowest BCUT2D eigenvalue weighted by Crippen LogP contribution is -2.26. The van der Waals surface area contributed by atoms with Crippen molar-refractivity contribution in [1.82, 2.24) is 14.5 Å². The van der Waals surface area contributed by atoms with E-state index in [-0.39, 0.29) is 0 Å². The molecule has 21 heavy (non-hydrogen) atoms. The molecular weight excluding hydrogens is 262 g/mol. The van der Waals surface area contributed by atoms with Crippen LogP contribution in [0.15, 0.2) is 18.5 Å². The van der Waals surface area contributed by atoms with Crippen LogP contribution < -0.4 is 5.32 Å². The molecule has 1 atom stereocenters. The van der Waals surface area contributed by atoms with Crippen LogP contribution >= 0.6 is 0 Å². The lowest BCUT2D eigenvalue weighted by molar-refractivity contribution is 0.381. The molecule has 1 aliphatic heterocycles. The molecule has 0 saturated heterocycles. The Bertz CT molecular complexity index is 695. The molecule has 5 heteroatoms. The average molecular weight is 281 g/mol. The van der Waals surface area contributed by atoms with Gasteiger partial charge in [-0.25, -0.2) is 4.98 Å². The molecule has 0 fully saturated rings. The molecule has 5 nitrogen and oxygen atoms in total. The first kappa shape index (κ1) is 13.6. The predicted octanol–water partition coefficient (Wildman–Crippen LogP) is 2.44. The summed E-state index contributed by atoms with van der Waals surface area (Å²) in [7, 11) is 0. The van der Waals surface area contributed by atoms with Crippen molar-refractivity contribution >= 4 is 5.69 Å². The van der Waals surface area contributed by atoms with Crippen LogP contribution in [0.5, 0.6) is 0 Å². The summed E-state index contributed by atoms with van der Waals surface area (Å²) in [6.07, 6.45) is 6.07. The van der Waals surface area contributed by atoms with Gasteiger partial charge in [0.2, 0.25) is 0 Å². The summed E-state index contributed by atoms with van der Waals surface area (Å²) in [5, 5.41) is 12.7. The molecule has 1 unspecified atom stereocenters. The summed E-state index contributed by atoms with van der Waals surface area (Å²) < 4.78 is 2.23. The van der Waals surface area contributed by atoms with Gasteiger partial charge in [-0.15, -0.1) is 0 Å². The topological polar surface area (TPSA) is 66.5 Å². The zero-order valence-electron chi connectivity index (χ0n) is 12.4. The van der Waals surface area contributed by atoms with Crippen LogP contribution in [0.25, 0.3) is 0 Å². The number of aromatic nitrogens is 3. The number of nitriles is 1. The highest BCUT2D eigenvalue weighted by atomic mass is 15.1. The van der Waals surface area contributed by atoms with Crippen molar-refractivity contribution in [2.75, 3.05) is 11.9 Å². The van der Waals surface area contributed by atoms with Crippen molar-refractivity contribution < 1.29 is 0 Å². The fraction of sp³-hybridized carbons (Fsp3) is 0.438. The van der Waals surface area contributed by atoms with Gasteiger partial charge in [0.25, 0.3) is 0 Å². The van der Waals surface area contributed by atoms with Crippen LogP contribution in [0.3, 0.4) is 0 Å². The second kappa shape index (κ2) is 5.57. The first-order valence-electron chi connectivity index (χ1n) is 7.29.